The molecule has 108 valence electrons. The maximum Gasteiger partial charge on any atom is 0.534 e. The summed E-state index contributed by atoms with van der Waals surface area (Å²) in [5.74, 6) is 0.175. The largest absolute Gasteiger partial charge is 0.534 e. The second-order valence-corrected chi connectivity index (χ2v) is 5.40. The van der Waals surface area contributed by atoms with E-state index in [1.807, 2.05) is 0 Å². The predicted octanol–water partition coefficient (Wildman–Crippen LogP) is 3.08. The Morgan fingerprint density at radius 1 is 0.950 bits per heavy atom. The van der Waals surface area contributed by atoms with Crippen LogP contribution in [0.2, 0.25) is 0 Å². The van der Waals surface area contributed by atoms with Gasteiger partial charge < -0.3 is 8.92 Å². The molecule has 0 aliphatic heterocycles. The van der Waals surface area contributed by atoms with E-state index in [9.17, 15) is 21.6 Å². The molecule has 0 fully saturated rings. The summed E-state index contributed by atoms with van der Waals surface area (Å²) in [4.78, 5) is 0. The van der Waals surface area contributed by atoms with Gasteiger partial charge in [0.05, 0.1) is 7.11 Å². The molecule has 2 aromatic carbocycles. The van der Waals surface area contributed by atoms with Crippen LogP contribution in [0.25, 0.3) is 10.8 Å². The first kappa shape index (κ1) is 14.4. The molecule has 4 nitrogen and oxygen atoms in total. The van der Waals surface area contributed by atoms with Crippen molar-refractivity contribution in [2.24, 2.45) is 0 Å². The number of fused-ring (bicyclic) bond motifs is 1. The molecule has 0 aromatic heterocycles. The molecule has 0 aliphatic rings. The van der Waals surface area contributed by atoms with Crippen LogP contribution >= 0.6 is 0 Å². The van der Waals surface area contributed by atoms with Crippen molar-refractivity contribution >= 4 is 20.9 Å². The van der Waals surface area contributed by atoms with Crippen LogP contribution in [0.1, 0.15) is 0 Å². The summed E-state index contributed by atoms with van der Waals surface area (Å²) in [5.41, 5.74) is -5.46. The number of halogens is 3. The molecule has 0 heterocycles. The average Bonchev–Trinajstić information content (AvgIpc) is 2.36. The van der Waals surface area contributed by atoms with E-state index in [2.05, 4.69) is 4.18 Å². The van der Waals surface area contributed by atoms with E-state index >= 15 is 0 Å². The first-order valence-electron chi connectivity index (χ1n) is 5.31. The SMILES string of the molecule is COc1ccc2cc(OS(=O)(=O)C(F)(F)F)ccc2c1. The third-order valence-corrected chi connectivity index (χ3v) is 3.49. The summed E-state index contributed by atoms with van der Waals surface area (Å²) in [6.07, 6.45) is 0. The Bertz CT molecular complexity index is 738. The van der Waals surface area contributed by atoms with Crippen molar-refractivity contribution in [2.75, 3.05) is 7.11 Å². The normalized spacial score (nSPS) is 12.4. The molecule has 0 aliphatic carbocycles. The zero-order valence-electron chi connectivity index (χ0n) is 10.1. The Labute approximate surface area is 112 Å². The molecule has 2 rings (SSSR count). The summed E-state index contributed by atoms with van der Waals surface area (Å²) in [6.45, 7) is 0. The van der Waals surface area contributed by atoms with Crippen molar-refractivity contribution in [1.82, 2.24) is 0 Å². The maximum atomic E-state index is 12.2. The molecular formula is C12H9F3O4S. The van der Waals surface area contributed by atoms with Gasteiger partial charge in [0.25, 0.3) is 0 Å². The quantitative estimate of drug-likeness (QED) is 0.646. The van der Waals surface area contributed by atoms with Gasteiger partial charge in [-0.05, 0) is 35.0 Å². The molecule has 20 heavy (non-hydrogen) atoms. The highest BCUT2D eigenvalue weighted by atomic mass is 32.2. The van der Waals surface area contributed by atoms with Crippen LogP contribution in [-0.4, -0.2) is 21.0 Å². The second-order valence-electron chi connectivity index (χ2n) is 3.86. The van der Waals surface area contributed by atoms with Crippen LogP contribution < -0.4 is 8.92 Å². The van der Waals surface area contributed by atoms with Crippen LogP contribution in [0, 0.1) is 0 Å². The number of methoxy groups -OCH3 is 1. The lowest BCUT2D eigenvalue weighted by Gasteiger charge is -2.10. The van der Waals surface area contributed by atoms with E-state index in [1.54, 1.807) is 18.2 Å². The first-order chi connectivity index (χ1) is 9.23. The summed E-state index contributed by atoms with van der Waals surface area (Å²) in [7, 11) is -4.18. The van der Waals surface area contributed by atoms with Gasteiger partial charge >= 0.3 is 15.6 Å². The van der Waals surface area contributed by atoms with E-state index in [0.717, 1.165) is 6.07 Å². The highest BCUT2D eigenvalue weighted by molar-refractivity contribution is 7.88. The average molecular weight is 306 g/mol. The standard InChI is InChI=1S/C12H9F3O4S/c1-18-10-4-2-9-7-11(5-3-8(9)6-10)19-20(16,17)12(13,14)15/h2-7H,1H3. The molecule has 8 heteroatoms. The predicted molar refractivity (Wildman–Crippen MR) is 66.1 cm³/mol. The van der Waals surface area contributed by atoms with Crippen molar-refractivity contribution in [3.8, 4) is 11.5 Å². The Kier molecular flexibility index (Phi) is 3.51. The van der Waals surface area contributed by atoms with E-state index < -0.39 is 21.4 Å². The van der Waals surface area contributed by atoms with E-state index in [4.69, 9.17) is 4.74 Å². The molecule has 2 aromatic rings. The summed E-state index contributed by atoms with van der Waals surface area (Å²) >= 11 is 0. The fraction of sp³-hybridized carbons (Fsp3) is 0.167. The number of benzene rings is 2. The lowest BCUT2D eigenvalue weighted by Crippen LogP contribution is -2.28. The Morgan fingerprint density at radius 3 is 1.95 bits per heavy atom. The van der Waals surface area contributed by atoms with Crippen molar-refractivity contribution in [1.29, 1.82) is 0 Å². The minimum Gasteiger partial charge on any atom is -0.497 e. The molecule has 0 radical (unpaired) electrons. The van der Waals surface area contributed by atoms with Crippen LogP contribution in [0.5, 0.6) is 11.5 Å². The fourth-order valence-electron chi connectivity index (χ4n) is 1.55. The molecule has 0 saturated heterocycles. The third-order valence-electron chi connectivity index (χ3n) is 2.51. The van der Waals surface area contributed by atoms with Gasteiger partial charge in [-0.3, -0.25) is 0 Å². The van der Waals surface area contributed by atoms with Gasteiger partial charge in [0.2, 0.25) is 0 Å². The molecule has 0 unspecified atom stereocenters. The third kappa shape index (κ3) is 2.79. The molecule has 0 N–H and O–H groups in total. The van der Waals surface area contributed by atoms with Gasteiger partial charge in [0.1, 0.15) is 11.5 Å². The van der Waals surface area contributed by atoms with Crippen LogP contribution in [0.3, 0.4) is 0 Å². The van der Waals surface area contributed by atoms with Crippen LogP contribution in [-0.2, 0) is 10.1 Å². The van der Waals surface area contributed by atoms with Gasteiger partial charge in [0, 0.05) is 0 Å². The summed E-state index contributed by atoms with van der Waals surface area (Å²) < 4.78 is 67.4. The van der Waals surface area contributed by atoms with Crippen molar-refractivity contribution in [2.45, 2.75) is 5.51 Å². The highest BCUT2D eigenvalue weighted by Crippen LogP contribution is 2.29. The maximum absolute atomic E-state index is 12.2. The van der Waals surface area contributed by atoms with Crippen LogP contribution in [0.15, 0.2) is 36.4 Å². The fourth-order valence-corrected chi connectivity index (χ4v) is 2.01. The lowest BCUT2D eigenvalue weighted by molar-refractivity contribution is -0.0500. The van der Waals surface area contributed by atoms with Gasteiger partial charge in [-0.2, -0.15) is 21.6 Å². The summed E-state index contributed by atoms with van der Waals surface area (Å²) in [6, 6.07) is 8.64. The van der Waals surface area contributed by atoms with Gasteiger partial charge in [0.15, 0.2) is 0 Å². The van der Waals surface area contributed by atoms with Gasteiger partial charge in [-0.1, -0.05) is 12.1 Å². The Balaban J connectivity index is 2.38. The molecule has 0 saturated carbocycles. The summed E-state index contributed by atoms with van der Waals surface area (Å²) in [5, 5.41) is 1.21. The van der Waals surface area contributed by atoms with Gasteiger partial charge in [-0.15, -0.1) is 0 Å². The molecule has 0 amide bonds. The highest BCUT2D eigenvalue weighted by Gasteiger charge is 2.48. The molecular weight excluding hydrogens is 297 g/mol. The Morgan fingerprint density at radius 2 is 1.45 bits per heavy atom. The van der Waals surface area contributed by atoms with E-state index in [0.29, 0.717) is 16.5 Å². The minimum absolute atomic E-state index is 0.403. The monoisotopic (exact) mass is 306 g/mol. The second kappa shape index (κ2) is 4.86. The lowest BCUT2D eigenvalue weighted by atomic mass is 10.1. The van der Waals surface area contributed by atoms with E-state index in [-0.39, 0.29) is 0 Å². The molecule has 0 bridgehead atoms. The van der Waals surface area contributed by atoms with E-state index in [1.165, 1.54) is 19.2 Å². The number of hydrogen-bond donors (Lipinski definition) is 0. The van der Waals surface area contributed by atoms with Gasteiger partial charge in [-0.25, -0.2) is 0 Å². The zero-order valence-corrected chi connectivity index (χ0v) is 11.0. The Hall–Kier alpha value is -1.96. The number of ether oxygens (including phenoxy) is 1. The van der Waals surface area contributed by atoms with Crippen molar-refractivity contribution in [3.63, 3.8) is 0 Å². The molecule has 0 spiro atoms. The topological polar surface area (TPSA) is 52.6 Å². The zero-order chi connectivity index (χ0) is 15.0. The van der Waals surface area contributed by atoms with Crippen molar-refractivity contribution < 1.29 is 30.5 Å². The number of hydrogen-bond acceptors (Lipinski definition) is 4. The van der Waals surface area contributed by atoms with Crippen molar-refractivity contribution in [3.05, 3.63) is 36.4 Å². The minimum atomic E-state index is -5.66. The number of rotatable bonds is 3. The van der Waals surface area contributed by atoms with Crippen LogP contribution in [0.4, 0.5) is 13.2 Å². The smallest absolute Gasteiger partial charge is 0.497 e. The first-order valence-corrected chi connectivity index (χ1v) is 6.72. The molecule has 0 atom stereocenters. The number of alkyl halides is 3.